The van der Waals surface area contributed by atoms with Crippen molar-refractivity contribution in [3.8, 4) is 0 Å². The largest absolute Gasteiger partial charge is 0.446 e. The Morgan fingerprint density at radius 3 is 1.85 bits per heavy atom. The Morgan fingerprint density at radius 2 is 1.45 bits per heavy atom. The summed E-state index contributed by atoms with van der Waals surface area (Å²) >= 11 is 0. The molecule has 0 aromatic heterocycles. The lowest BCUT2D eigenvalue weighted by molar-refractivity contribution is -0.156. The van der Waals surface area contributed by atoms with Gasteiger partial charge in [-0.3, -0.25) is 15.3 Å². The fourth-order valence-electron chi connectivity index (χ4n) is 1.41. The van der Waals surface area contributed by atoms with Crippen LogP contribution < -0.4 is 11.5 Å². The Labute approximate surface area is 121 Å². The minimum Gasteiger partial charge on any atom is -0.446 e. The number of carbonyl (C=O) groups excluding carboxylic acids is 2. The standard InChI is InChI=1S/C14H28N2O4/c1-13(2,3)9(17)7-10(15)19-12(18)8-11(16)20-14(4,5)6/h10-11H,7-8,15-16H2,1-6H3. The van der Waals surface area contributed by atoms with Gasteiger partial charge in [0, 0.05) is 5.41 Å². The van der Waals surface area contributed by atoms with Crippen molar-refractivity contribution in [1.29, 1.82) is 0 Å². The van der Waals surface area contributed by atoms with Crippen molar-refractivity contribution in [2.45, 2.75) is 72.4 Å². The number of hydrogen-bond donors (Lipinski definition) is 2. The summed E-state index contributed by atoms with van der Waals surface area (Å²) in [7, 11) is 0. The van der Waals surface area contributed by atoms with E-state index in [1.807, 2.05) is 20.8 Å². The lowest BCUT2D eigenvalue weighted by atomic mass is 9.89. The second kappa shape index (κ2) is 7.15. The third-order valence-corrected chi connectivity index (χ3v) is 2.38. The maximum Gasteiger partial charge on any atom is 0.311 e. The topological polar surface area (TPSA) is 105 Å². The first-order valence-electron chi connectivity index (χ1n) is 6.73. The first kappa shape index (κ1) is 19.0. The van der Waals surface area contributed by atoms with Gasteiger partial charge in [-0.15, -0.1) is 0 Å². The van der Waals surface area contributed by atoms with Crippen LogP contribution in [-0.2, 0) is 19.1 Å². The van der Waals surface area contributed by atoms with E-state index in [0.717, 1.165) is 0 Å². The van der Waals surface area contributed by atoms with E-state index in [1.54, 1.807) is 20.8 Å². The SMILES string of the molecule is CC(C)(C)OC(N)CC(=O)OC(N)CC(=O)C(C)(C)C. The van der Waals surface area contributed by atoms with Crippen molar-refractivity contribution in [2.24, 2.45) is 16.9 Å². The Kier molecular flexibility index (Phi) is 6.80. The van der Waals surface area contributed by atoms with Crippen molar-refractivity contribution < 1.29 is 19.1 Å². The third-order valence-electron chi connectivity index (χ3n) is 2.38. The van der Waals surface area contributed by atoms with Crippen LogP contribution in [0.2, 0.25) is 0 Å². The zero-order chi connectivity index (χ0) is 16.1. The van der Waals surface area contributed by atoms with Gasteiger partial charge in [0.15, 0.2) is 6.23 Å². The van der Waals surface area contributed by atoms with E-state index < -0.39 is 29.4 Å². The lowest BCUT2D eigenvalue weighted by Gasteiger charge is -2.25. The van der Waals surface area contributed by atoms with E-state index in [9.17, 15) is 9.59 Å². The number of nitrogens with two attached hydrogens (primary N) is 2. The molecule has 0 rings (SSSR count). The predicted molar refractivity (Wildman–Crippen MR) is 76.6 cm³/mol. The summed E-state index contributed by atoms with van der Waals surface area (Å²) < 4.78 is 10.4. The molecule has 0 spiro atoms. The Bertz CT molecular complexity index is 342. The molecule has 2 atom stereocenters. The van der Waals surface area contributed by atoms with Crippen LogP contribution >= 0.6 is 0 Å². The first-order chi connectivity index (χ1) is 8.81. The van der Waals surface area contributed by atoms with Gasteiger partial charge in [0.05, 0.1) is 18.4 Å². The van der Waals surface area contributed by atoms with Gasteiger partial charge in [0.25, 0.3) is 0 Å². The van der Waals surface area contributed by atoms with Crippen LogP contribution in [0.1, 0.15) is 54.4 Å². The smallest absolute Gasteiger partial charge is 0.311 e. The van der Waals surface area contributed by atoms with E-state index in [4.69, 9.17) is 20.9 Å². The molecule has 0 radical (unpaired) electrons. The van der Waals surface area contributed by atoms with E-state index in [-0.39, 0.29) is 18.6 Å². The van der Waals surface area contributed by atoms with Crippen molar-refractivity contribution >= 4 is 11.8 Å². The number of esters is 1. The van der Waals surface area contributed by atoms with Gasteiger partial charge < -0.3 is 15.2 Å². The zero-order valence-corrected chi connectivity index (χ0v) is 13.4. The molecule has 0 fully saturated rings. The van der Waals surface area contributed by atoms with Crippen LogP contribution in [0, 0.1) is 5.41 Å². The monoisotopic (exact) mass is 288 g/mol. The minimum atomic E-state index is -0.948. The third kappa shape index (κ3) is 9.01. The number of rotatable bonds is 6. The number of ketones is 1. The number of hydrogen-bond acceptors (Lipinski definition) is 6. The van der Waals surface area contributed by atoms with Gasteiger partial charge in [-0.2, -0.15) is 0 Å². The van der Waals surface area contributed by atoms with Crippen molar-refractivity contribution in [3.63, 3.8) is 0 Å². The summed E-state index contributed by atoms with van der Waals surface area (Å²) in [5.74, 6) is -0.635. The summed E-state index contributed by atoms with van der Waals surface area (Å²) in [4.78, 5) is 23.4. The molecule has 0 saturated heterocycles. The maximum atomic E-state index is 11.7. The van der Waals surface area contributed by atoms with Gasteiger partial charge in [0.1, 0.15) is 12.0 Å². The van der Waals surface area contributed by atoms with E-state index in [0.29, 0.717) is 0 Å². The van der Waals surface area contributed by atoms with Crippen molar-refractivity contribution in [1.82, 2.24) is 0 Å². The maximum absolute atomic E-state index is 11.7. The van der Waals surface area contributed by atoms with Crippen molar-refractivity contribution in [3.05, 3.63) is 0 Å². The number of carbonyl (C=O) groups is 2. The Hall–Kier alpha value is -0.980. The van der Waals surface area contributed by atoms with E-state index >= 15 is 0 Å². The zero-order valence-electron chi connectivity index (χ0n) is 13.4. The van der Waals surface area contributed by atoms with Crippen LogP contribution in [0.25, 0.3) is 0 Å². The fourth-order valence-corrected chi connectivity index (χ4v) is 1.41. The molecule has 0 bridgehead atoms. The molecule has 20 heavy (non-hydrogen) atoms. The number of Topliss-reactive ketones (excluding diaryl/α,β-unsaturated/α-hetero) is 1. The van der Waals surface area contributed by atoms with Crippen LogP contribution in [0.5, 0.6) is 0 Å². The lowest BCUT2D eigenvalue weighted by Crippen LogP contribution is -2.38. The highest BCUT2D eigenvalue weighted by Gasteiger charge is 2.25. The highest BCUT2D eigenvalue weighted by atomic mass is 16.6. The molecule has 0 aliphatic rings. The van der Waals surface area contributed by atoms with Gasteiger partial charge in [-0.25, -0.2) is 0 Å². The number of ether oxygens (including phenoxy) is 2. The molecule has 6 heteroatoms. The highest BCUT2D eigenvalue weighted by molar-refractivity contribution is 5.84. The Balaban J connectivity index is 4.18. The summed E-state index contributed by atoms with van der Waals surface area (Å²) in [5.41, 5.74) is 10.4. The molecule has 6 nitrogen and oxygen atoms in total. The van der Waals surface area contributed by atoms with Crippen molar-refractivity contribution in [2.75, 3.05) is 0 Å². The molecule has 0 heterocycles. The first-order valence-corrected chi connectivity index (χ1v) is 6.73. The van der Waals surface area contributed by atoms with Gasteiger partial charge in [-0.1, -0.05) is 20.8 Å². The van der Waals surface area contributed by atoms with Crippen LogP contribution in [0.4, 0.5) is 0 Å². The summed E-state index contributed by atoms with van der Waals surface area (Å²) in [6.07, 6.45) is -1.82. The molecule has 118 valence electrons. The molecule has 0 aliphatic carbocycles. The fraction of sp³-hybridized carbons (Fsp3) is 0.857. The molecule has 0 saturated carbocycles. The molecule has 2 unspecified atom stereocenters. The quantitative estimate of drug-likeness (QED) is 0.564. The van der Waals surface area contributed by atoms with Gasteiger partial charge in [0.2, 0.25) is 0 Å². The molecular formula is C14H28N2O4. The van der Waals surface area contributed by atoms with E-state index in [2.05, 4.69) is 0 Å². The normalized spacial score (nSPS) is 15.6. The Morgan fingerprint density at radius 1 is 0.950 bits per heavy atom. The summed E-state index contributed by atoms with van der Waals surface area (Å²) in [6.45, 7) is 10.9. The van der Waals surface area contributed by atoms with Gasteiger partial charge >= 0.3 is 5.97 Å². The molecule has 0 aromatic rings. The minimum absolute atomic E-state index is 0.00932. The highest BCUT2D eigenvalue weighted by Crippen LogP contribution is 2.18. The molecule has 4 N–H and O–H groups in total. The van der Waals surface area contributed by atoms with E-state index in [1.165, 1.54) is 0 Å². The summed E-state index contributed by atoms with van der Waals surface area (Å²) in [6, 6.07) is 0. The molecular weight excluding hydrogens is 260 g/mol. The molecule has 0 aliphatic heterocycles. The predicted octanol–water partition coefficient (Wildman–Crippen LogP) is 1.31. The average Bonchev–Trinajstić information content (AvgIpc) is 2.10. The van der Waals surface area contributed by atoms with Gasteiger partial charge in [-0.05, 0) is 20.8 Å². The average molecular weight is 288 g/mol. The second-order valence-corrected chi connectivity index (χ2v) is 6.88. The second-order valence-electron chi connectivity index (χ2n) is 6.88. The van der Waals surface area contributed by atoms with Crippen LogP contribution in [0.3, 0.4) is 0 Å². The van der Waals surface area contributed by atoms with Crippen LogP contribution in [-0.4, -0.2) is 29.8 Å². The summed E-state index contributed by atoms with van der Waals surface area (Å²) in [5, 5.41) is 0. The molecule has 0 aromatic carbocycles. The van der Waals surface area contributed by atoms with Crippen LogP contribution in [0.15, 0.2) is 0 Å². The molecule has 0 amide bonds.